The number of hydrogen-bond acceptors (Lipinski definition) is 2. The van der Waals surface area contributed by atoms with E-state index in [2.05, 4.69) is 5.32 Å². The minimum atomic E-state index is -1.56. The smallest absolute Gasteiger partial charge is 0.305 e. The molecule has 1 unspecified atom stereocenters. The number of nitrogens with one attached hydrogen (secondary N) is 1. The fourth-order valence-corrected chi connectivity index (χ4v) is 1.34. The third-order valence-corrected chi connectivity index (χ3v) is 2.14. The van der Waals surface area contributed by atoms with Gasteiger partial charge in [0.1, 0.15) is 0 Å². The molecule has 0 saturated heterocycles. The lowest BCUT2D eigenvalue weighted by Gasteiger charge is -2.14. The van der Waals surface area contributed by atoms with Crippen molar-refractivity contribution in [3.8, 4) is 0 Å². The molecule has 3 nitrogen and oxygen atoms in total. The second kappa shape index (κ2) is 4.98. The maximum atomic E-state index is 12.9. The summed E-state index contributed by atoms with van der Waals surface area (Å²) < 4.78 is 38.4. The third kappa shape index (κ3) is 2.73. The Hall–Kier alpha value is -1.56. The molecule has 0 bridgehead atoms. The van der Waals surface area contributed by atoms with Gasteiger partial charge in [-0.1, -0.05) is 0 Å². The molecule has 0 aromatic heterocycles. The Bertz CT molecular complexity index is 386. The van der Waals surface area contributed by atoms with Gasteiger partial charge in [0, 0.05) is 6.04 Å². The van der Waals surface area contributed by atoms with Crippen molar-refractivity contribution in [3.63, 3.8) is 0 Å². The van der Waals surface area contributed by atoms with Gasteiger partial charge in [0.2, 0.25) is 0 Å². The summed E-state index contributed by atoms with van der Waals surface area (Å²) in [7, 11) is 1.45. The maximum absolute atomic E-state index is 12.9. The van der Waals surface area contributed by atoms with E-state index >= 15 is 0 Å². The van der Waals surface area contributed by atoms with Crippen LogP contribution in [0.3, 0.4) is 0 Å². The predicted molar refractivity (Wildman–Crippen MR) is 50.4 cm³/mol. The maximum Gasteiger partial charge on any atom is 0.305 e. The van der Waals surface area contributed by atoms with E-state index in [1.807, 2.05) is 0 Å². The number of rotatable bonds is 4. The first-order valence-electron chi connectivity index (χ1n) is 4.49. The van der Waals surface area contributed by atoms with Crippen molar-refractivity contribution in [3.05, 3.63) is 35.1 Å². The van der Waals surface area contributed by atoms with Crippen LogP contribution in [0.5, 0.6) is 0 Å². The minimum absolute atomic E-state index is 0.0568. The zero-order valence-corrected chi connectivity index (χ0v) is 8.43. The highest BCUT2D eigenvalue weighted by atomic mass is 19.2. The number of halogens is 3. The molecule has 0 aliphatic rings. The number of hydrogen-bond donors (Lipinski definition) is 2. The summed E-state index contributed by atoms with van der Waals surface area (Å²) in [6.45, 7) is 0. The molecule has 0 aliphatic heterocycles. The Labute approximate surface area is 89.9 Å². The molecule has 1 aromatic rings. The van der Waals surface area contributed by atoms with Crippen molar-refractivity contribution in [2.45, 2.75) is 12.5 Å². The lowest BCUT2D eigenvalue weighted by molar-refractivity contribution is -0.137. The minimum Gasteiger partial charge on any atom is -0.481 e. The molecule has 0 spiro atoms. The van der Waals surface area contributed by atoms with E-state index < -0.39 is 29.5 Å². The van der Waals surface area contributed by atoms with Crippen molar-refractivity contribution in [2.75, 3.05) is 7.05 Å². The van der Waals surface area contributed by atoms with E-state index in [0.29, 0.717) is 0 Å². The van der Waals surface area contributed by atoms with Crippen molar-refractivity contribution >= 4 is 5.97 Å². The highest BCUT2D eigenvalue weighted by molar-refractivity contribution is 5.67. The number of benzene rings is 1. The Kier molecular flexibility index (Phi) is 3.89. The van der Waals surface area contributed by atoms with Gasteiger partial charge in [0.25, 0.3) is 0 Å². The molecule has 0 saturated carbocycles. The first-order valence-corrected chi connectivity index (χ1v) is 4.49. The van der Waals surface area contributed by atoms with Crippen LogP contribution >= 0.6 is 0 Å². The Morgan fingerprint density at radius 1 is 1.38 bits per heavy atom. The van der Waals surface area contributed by atoms with Crippen LogP contribution in [0, 0.1) is 17.5 Å². The lowest BCUT2D eigenvalue weighted by atomic mass is 10.0. The molecule has 1 atom stereocenters. The molecule has 0 aliphatic carbocycles. The summed E-state index contributed by atoms with van der Waals surface area (Å²) in [4.78, 5) is 10.5. The number of carbonyl (C=O) groups is 1. The van der Waals surface area contributed by atoms with Crippen LogP contribution < -0.4 is 5.32 Å². The molecule has 0 radical (unpaired) electrons. The van der Waals surface area contributed by atoms with E-state index in [4.69, 9.17) is 5.11 Å². The quantitative estimate of drug-likeness (QED) is 0.780. The summed E-state index contributed by atoms with van der Waals surface area (Å²) >= 11 is 0. The normalized spacial score (nSPS) is 12.5. The van der Waals surface area contributed by atoms with Crippen molar-refractivity contribution in [1.82, 2.24) is 5.32 Å². The Morgan fingerprint density at radius 3 is 2.25 bits per heavy atom. The molecule has 88 valence electrons. The zero-order chi connectivity index (χ0) is 12.3. The van der Waals surface area contributed by atoms with Gasteiger partial charge in [0.15, 0.2) is 17.5 Å². The summed E-state index contributed by atoms with van der Waals surface area (Å²) in [6.07, 6.45) is -0.346. The number of aliphatic carboxylic acids is 1. The highest BCUT2D eigenvalue weighted by Crippen LogP contribution is 2.21. The SMILES string of the molecule is CNC(CC(=O)O)c1cc(F)c(F)c(F)c1. The van der Waals surface area contributed by atoms with E-state index in [1.165, 1.54) is 7.05 Å². The van der Waals surface area contributed by atoms with E-state index in [1.54, 1.807) is 0 Å². The monoisotopic (exact) mass is 233 g/mol. The molecular formula is C10H10F3NO2. The largest absolute Gasteiger partial charge is 0.481 e. The van der Waals surface area contributed by atoms with Crippen LogP contribution in [0.1, 0.15) is 18.0 Å². The molecule has 6 heteroatoms. The first-order chi connectivity index (χ1) is 7.45. The first kappa shape index (κ1) is 12.5. The highest BCUT2D eigenvalue weighted by Gasteiger charge is 2.18. The molecule has 0 heterocycles. The van der Waals surface area contributed by atoms with Crippen LogP contribution in [0.4, 0.5) is 13.2 Å². The molecule has 0 fully saturated rings. The second-order valence-electron chi connectivity index (χ2n) is 3.24. The summed E-state index contributed by atoms with van der Waals surface area (Å²) in [6, 6.07) is 0.799. The second-order valence-corrected chi connectivity index (χ2v) is 3.24. The average Bonchev–Trinajstić information content (AvgIpc) is 2.21. The fraction of sp³-hybridized carbons (Fsp3) is 0.300. The molecular weight excluding hydrogens is 223 g/mol. The standard InChI is InChI=1S/C10H10F3NO2/c1-14-8(4-9(15)16)5-2-6(11)10(13)7(12)3-5/h2-3,8,14H,4H2,1H3,(H,15,16). The average molecular weight is 233 g/mol. The van der Waals surface area contributed by atoms with Gasteiger partial charge in [0.05, 0.1) is 6.42 Å². The van der Waals surface area contributed by atoms with Gasteiger partial charge in [-0.2, -0.15) is 0 Å². The third-order valence-electron chi connectivity index (χ3n) is 2.14. The van der Waals surface area contributed by atoms with Gasteiger partial charge < -0.3 is 10.4 Å². The van der Waals surface area contributed by atoms with Gasteiger partial charge in [-0.15, -0.1) is 0 Å². The van der Waals surface area contributed by atoms with Gasteiger partial charge in [-0.3, -0.25) is 4.79 Å². The number of carboxylic acid groups (broad SMARTS) is 1. The van der Waals surface area contributed by atoms with Crippen LogP contribution in [0.25, 0.3) is 0 Å². The Morgan fingerprint density at radius 2 is 1.88 bits per heavy atom. The van der Waals surface area contributed by atoms with Crippen molar-refractivity contribution in [1.29, 1.82) is 0 Å². The van der Waals surface area contributed by atoms with Crippen molar-refractivity contribution < 1.29 is 23.1 Å². The fourth-order valence-electron chi connectivity index (χ4n) is 1.34. The Balaban J connectivity index is 3.06. The predicted octanol–water partition coefficient (Wildman–Crippen LogP) is 1.84. The van der Waals surface area contributed by atoms with Crippen LogP contribution in [-0.2, 0) is 4.79 Å². The van der Waals surface area contributed by atoms with Crippen LogP contribution in [0.2, 0.25) is 0 Å². The lowest BCUT2D eigenvalue weighted by Crippen LogP contribution is -2.20. The van der Waals surface area contributed by atoms with Crippen molar-refractivity contribution in [2.24, 2.45) is 0 Å². The van der Waals surface area contributed by atoms with E-state index in [-0.39, 0.29) is 12.0 Å². The molecule has 0 amide bonds. The topological polar surface area (TPSA) is 49.3 Å². The molecule has 1 aromatic carbocycles. The van der Waals surface area contributed by atoms with Gasteiger partial charge in [-0.05, 0) is 24.7 Å². The van der Waals surface area contributed by atoms with Gasteiger partial charge in [-0.25, -0.2) is 13.2 Å². The summed E-state index contributed by atoms with van der Waals surface area (Å²) in [5.74, 6) is -5.35. The van der Waals surface area contributed by atoms with E-state index in [9.17, 15) is 18.0 Å². The number of carboxylic acids is 1. The summed E-state index contributed by atoms with van der Waals surface area (Å²) in [5.41, 5.74) is 0.0568. The summed E-state index contributed by atoms with van der Waals surface area (Å²) in [5, 5.41) is 11.2. The molecule has 2 N–H and O–H groups in total. The van der Waals surface area contributed by atoms with E-state index in [0.717, 1.165) is 12.1 Å². The molecule has 1 rings (SSSR count). The van der Waals surface area contributed by atoms with Gasteiger partial charge >= 0.3 is 5.97 Å². The van der Waals surface area contributed by atoms with Crippen LogP contribution in [0.15, 0.2) is 12.1 Å². The van der Waals surface area contributed by atoms with Crippen LogP contribution in [-0.4, -0.2) is 18.1 Å². The zero-order valence-electron chi connectivity index (χ0n) is 8.43. The molecule has 16 heavy (non-hydrogen) atoms.